The van der Waals surface area contributed by atoms with E-state index >= 15 is 0 Å². The number of hydrogen-bond donors (Lipinski definition) is 2. The summed E-state index contributed by atoms with van der Waals surface area (Å²) in [5.41, 5.74) is 1.31. The molecule has 0 aliphatic carbocycles. The Morgan fingerprint density at radius 1 is 1.08 bits per heavy atom. The summed E-state index contributed by atoms with van der Waals surface area (Å²) in [4.78, 5) is 0. The molecule has 2 nitrogen and oxygen atoms in total. The molecule has 0 amide bonds. The van der Waals surface area contributed by atoms with Gasteiger partial charge in [0.05, 0.1) is 6.17 Å². The smallest absolute Gasteiger partial charge is 0.0835 e. The summed E-state index contributed by atoms with van der Waals surface area (Å²) in [5.74, 6) is 0. The highest BCUT2D eigenvalue weighted by atomic mass is 15.1. The normalized spacial score (nSPS) is 19.7. The van der Waals surface area contributed by atoms with Crippen molar-refractivity contribution in [2.75, 3.05) is 13.1 Å². The number of nitrogens with one attached hydrogen (secondary N) is 2. The molecule has 1 aromatic carbocycles. The SMILES string of the molecule is [c]1ccc(C2NCCCCN2)cc1. The fourth-order valence-corrected chi connectivity index (χ4v) is 1.64. The van der Waals surface area contributed by atoms with E-state index in [9.17, 15) is 0 Å². The van der Waals surface area contributed by atoms with Crippen molar-refractivity contribution >= 4 is 0 Å². The maximum absolute atomic E-state index is 3.47. The Morgan fingerprint density at radius 2 is 1.69 bits per heavy atom. The molecule has 0 aromatic heterocycles. The molecule has 1 saturated heterocycles. The number of rotatable bonds is 1. The lowest BCUT2D eigenvalue weighted by Crippen LogP contribution is -2.32. The summed E-state index contributed by atoms with van der Waals surface area (Å²) in [6, 6.07) is 11.2. The van der Waals surface area contributed by atoms with Crippen molar-refractivity contribution in [3.05, 3.63) is 35.9 Å². The molecule has 1 radical (unpaired) electrons. The molecule has 0 saturated carbocycles. The van der Waals surface area contributed by atoms with Gasteiger partial charge in [-0.25, -0.2) is 0 Å². The molecule has 1 fully saturated rings. The van der Waals surface area contributed by atoms with Crippen LogP contribution >= 0.6 is 0 Å². The highest BCUT2D eigenvalue weighted by Crippen LogP contribution is 2.10. The summed E-state index contributed by atoms with van der Waals surface area (Å²) in [6.45, 7) is 2.21. The molecular formula is C11H15N2. The van der Waals surface area contributed by atoms with E-state index in [1.165, 1.54) is 18.4 Å². The van der Waals surface area contributed by atoms with E-state index in [0.29, 0.717) is 6.17 Å². The zero-order valence-corrected chi connectivity index (χ0v) is 7.72. The molecule has 0 atom stereocenters. The molecule has 0 unspecified atom stereocenters. The van der Waals surface area contributed by atoms with Crippen LogP contribution in [0.5, 0.6) is 0 Å². The average Bonchev–Trinajstić information content (AvgIpc) is 2.47. The van der Waals surface area contributed by atoms with Crippen LogP contribution in [0.1, 0.15) is 24.6 Å². The second-order valence-electron chi connectivity index (χ2n) is 3.38. The molecule has 1 aliphatic rings. The largest absolute Gasteiger partial charge is 0.298 e. The quantitative estimate of drug-likeness (QED) is 0.675. The van der Waals surface area contributed by atoms with Gasteiger partial charge >= 0.3 is 0 Å². The molecule has 69 valence electrons. The topological polar surface area (TPSA) is 24.1 Å². The van der Waals surface area contributed by atoms with E-state index in [1.807, 2.05) is 12.1 Å². The third kappa shape index (κ3) is 2.29. The van der Waals surface area contributed by atoms with Crippen molar-refractivity contribution in [2.45, 2.75) is 19.0 Å². The zero-order valence-electron chi connectivity index (χ0n) is 7.72. The van der Waals surface area contributed by atoms with Crippen LogP contribution in [0.15, 0.2) is 24.3 Å². The van der Waals surface area contributed by atoms with Gasteiger partial charge in [-0.3, -0.25) is 10.6 Å². The first-order chi connectivity index (χ1) is 6.47. The molecule has 1 heterocycles. The van der Waals surface area contributed by atoms with Crippen LogP contribution in [0.4, 0.5) is 0 Å². The van der Waals surface area contributed by atoms with Crippen LogP contribution in [-0.4, -0.2) is 13.1 Å². The minimum Gasteiger partial charge on any atom is -0.298 e. The van der Waals surface area contributed by atoms with Crippen molar-refractivity contribution in [1.29, 1.82) is 0 Å². The Labute approximate surface area is 79.4 Å². The summed E-state index contributed by atoms with van der Waals surface area (Å²) >= 11 is 0. The molecule has 1 aromatic rings. The molecular weight excluding hydrogens is 160 g/mol. The Bertz CT molecular complexity index is 238. The van der Waals surface area contributed by atoms with Crippen LogP contribution in [0.3, 0.4) is 0 Å². The van der Waals surface area contributed by atoms with Gasteiger partial charge in [-0.15, -0.1) is 0 Å². The molecule has 0 spiro atoms. The van der Waals surface area contributed by atoms with E-state index in [2.05, 4.69) is 28.8 Å². The van der Waals surface area contributed by atoms with Gasteiger partial charge < -0.3 is 0 Å². The standard InChI is InChI=1S/C11H15N2/c1-2-6-10(7-3-1)11-12-8-4-5-9-13-11/h2-3,6-7,11-13H,4-5,8-9H2. The van der Waals surface area contributed by atoms with Crippen molar-refractivity contribution in [2.24, 2.45) is 0 Å². The Hall–Kier alpha value is -0.860. The summed E-state index contributed by atoms with van der Waals surface area (Å²) in [7, 11) is 0. The minimum absolute atomic E-state index is 0.331. The van der Waals surface area contributed by atoms with Gasteiger partial charge in [0.1, 0.15) is 0 Å². The fourth-order valence-electron chi connectivity index (χ4n) is 1.64. The Balaban J connectivity index is 2.06. The highest BCUT2D eigenvalue weighted by molar-refractivity contribution is 5.17. The molecule has 13 heavy (non-hydrogen) atoms. The van der Waals surface area contributed by atoms with E-state index < -0.39 is 0 Å². The van der Waals surface area contributed by atoms with Crippen molar-refractivity contribution in [3.63, 3.8) is 0 Å². The van der Waals surface area contributed by atoms with Gasteiger partial charge in [-0.1, -0.05) is 24.3 Å². The number of benzene rings is 1. The Morgan fingerprint density at radius 3 is 2.31 bits per heavy atom. The fraction of sp³-hybridized carbons (Fsp3) is 0.455. The second kappa shape index (κ2) is 4.40. The van der Waals surface area contributed by atoms with Crippen molar-refractivity contribution in [3.8, 4) is 0 Å². The van der Waals surface area contributed by atoms with Gasteiger partial charge in [0.15, 0.2) is 0 Å². The van der Waals surface area contributed by atoms with Crippen LogP contribution < -0.4 is 10.6 Å². The van der Waals surface area contributed by atoms with Crippen LogP contribution in [0.2, 0.25) is 0 Å². The van der Waals surface area contributed by atoms with E-state index in [1.54, 1.807) is 0 Å². The predicted octanol–water partition coefficient (Wildman–Crippen LogP) is 1.46. The van der Waals surface area contributed by atoms with Crippen LogP contribution in [0.25, 0.3) is 0 Å². The third-order valence-corrected chi connectivity index (χ3v) is 2.38. The zero-order chi connectivity index (χ0) is 8.93. The van der Waals surface area contributed by atoms with Gasteiger partial charge in [-0.2, -0.15) is 0 Å². The van der Waals surface area contributed by atoms with Crippen molar-refractivity contribution in [1.82, 2.24) is 10.6 Å². The lowest BCUT2D eigenvalue weighted by molar-refractivity contribution is 0.483. The number of hydrogen-bond acceptors (Lipinski definition) is 2. The summed E-state index contributed by atoms with van der Waals surface area (Å²) in [6.07, 6.45) is 2.86. The van der Waals surface area contributed by atoms with E-state index in [0.717, 1.165) is 13.1 Å². The second-order valence-corrected chi connectivity index (χ2v) is 3.38. The van der Waals surface area contributed by atoms with E-state index in [4.69, 9.17) is 0 Å². The third-order valence-electron chi connectivity index (χ3n) is 2.38. The molecule has 1 aliphatic heterocycles. The summed E-state index contributed by atoms with van der Waals surface area (Å²) < 4.78 is 0. The maximum Gasteiger partial charge on any atom is 0.0835 e. The lowest BCUT2D eigenvalue weighted by Gasteiger charge is -2.17. The van der Waals surface area contributed by atoms with E-state index in [-0.39, 0.29) is 0 Å². The van der Waals surface area contributed by atoms with Crippen molar-refractivity contribution < 1.29 is 0 Å². The monoisotopic (exact) mass is 175 g/mol. The van der Waals surface area contributed by atoms with Gasteiger partial charge in [-0.05, 0) is 37.6 Å². The molecule has 2 rings (SSSR count). The molecule has 2 heteroatoms. The first kappa shape index (κ1) is 8.73. The van der Waals surface area contributed by atoms with Crippen LogP contribution in [-0.2, 0) is 0 Å². The minimum atomic E-state index is 0.331. The van der Waals surface area contributed by atoms with Gasteiger partial charge in [0, 0.05) is 0 Å². The summed E-state index contributed by atoms with van der Waals surface area (Å²) in [5, 5.41) is 6.95. The molecule has 0 bridgehead atoms. The Kier molecular flexibility index (Phi) is 2.95. The lowest BCUT2D eigenvalue weighted by atomic mass is 10.2. The first-order valence-corrected chi connectivity index (χ1v) is 4.89. The van der Waals surface area contributed by atoms with Gasteiger partial charge in [0.25, 0.3) is 0 Å². The first-order valence-electron chi connectivity index (χ1n) is 4.89. The maximum atomic E-state index is 3.47. The van der Waals surface area contributed by atoms with Crippen LogP contribution in [0, 0.1) is 6.07 Å². The van der Waals surface area contributed by atoms with Gasteiger partial charge in [0.2, 0.25) is 0 Å². The predicted molar refractivity (Wildman–Crippen MR) is 53.3 cm³/mol. The average molecular weight is 175 g/mol. The highest BCUT2D eigenvalue weighted by Gasteiger charge is 2.11. The molecule has 2 N–H and O–H groups in total.